The first kappa shape index (κ1) is 27.6. The molecule has 3 heterocycles. The average Bonchev–Trinajstić information content (AvgIpc) is 3.16. The first-order chi connectivity index (χ1) is 18.9. The smallest absolute Gasteiger partial charge is 0.327 e. The summed E-state index contributed by atoms with van der Waals surface area (Å²) in [5, 5.41) is 14.5. The summed E-state index contributed by atoms with van der Waals surface area (Å²) in [6.07, 6.45) is 2.84. The zero-order valence-corrected chi connectivity index (χ0v) is 23.2. The Labute approximate surface area is 234 Å². The van der Waals surface area contributed by atoms with Crippen molar-refractivity contribution in [3.63, 3.8) is 0 Å². The van der Waals surface area contributed by atoms with Gasteiger partial charge in [-0.3, -0.25) is 24.0 Å². The SMILES string of the molecule is CCn1cc(C(=O)Nc2ccccc2CC(=O)NC2C(=O)N3[C@@H]2SC(C)(C)[C@@H]3C(=O)O)c(=O)c2c1CCCC2=O. The Morgan fingerprint density at radius 2 is 1.85 bits per heavy atom. The number of carbonyl (C=O) groups excluding carboxylic acids is 4. The molecule has 1 aromatic heterocycles. The fourth-order valence-corrected chi connectivity index (χ4v) is 7.40. The predicted octanol–water partition coefficient (Wildman–Crippen LogP) is 1.81. The molecule has 2 aromatic rings. The summed E-state index contributed by atoms with van der Waals surface area (Å²) in [6, 6.07) is 4.81. The largest absolute Gasteiger partial charge is 0.480 e. The van der Waals surface area contributed by atoms with Gasteiger partial charge in [-0.1, -0.05) is 18.2 Å². The van der Waals surface area contributed by atoms with Crippen LogP contribution in [0.1, 0.15) is 65.6 Å². The van der Waals surface area contributed by atoms with Gasteiger partial charge in [0.2, 0.25) is 17.2 Å². The minimum absolute atomic E-state index is 0.0747. The van der Waals surface area contributed by atoms with Crippen LogP contribution in [0.4, 0.5) is 5.69 Å². The summed E-state index contributed by atoms with van der Waals surface area (Å²) < 4.78 is 1.05. The number of nitrogens with one attached hydrogen (secondary N) is 2. The van der Waals surface area contributed by atoms with E-state index >= 15 is 0 Å². The number of amides is 3. The number of hydrogen-bond acceptors (Lipinski definition) is 7. The van der Waals surface area contributed by atoms with Crippen LogP contribution >= 0.6 is 11.8 Å². The topological polar surface area (TPSA) is 155 Å². The van der Waals surface area contributed by atoms with Crippen molar-refractivity contribution in [3.8, 4) is 0 Å². The molecular formula is C28H30N4O7S. The number of aliphatic carboxylic acids is 1. The van der Waals surface area contributed by atoms with E-state index in [9.17, 15) is 33.9 Å². The van der Waals surface area contributed by atoms with Crippen LogP contribution in [-0.4, -0.2) is 66.3 Å². The third-order valence-corrected chi connectivity index (χ3v) is 9.25. The average molecular weight is 567 g/mol. The normalized spacial score (nSPS) is 22.7. The monoisotopic (exact) mass is 566 g/mol. The Balaban J connectivity index is 1.32. The van der Waals surface area contributed by atoms with Crippen LogP contribution in [0.2, 0.25) is 0 Å². The summed E-state index contributed by atoms with van der Waals surface area (Å²) in [5.41, 5.74) is 0.763. The quantitative estimate of drug-likeness (QED) is 0.429. The van der Waals surface area contributed by atoms with Crippen LogP contribution in [0.5, 0.6) is 0 Å². The molecule has 0 spiro atoms. The lowest BCUT2D eigenvalue weighted by Gasteiger charge is -2.43. The molecule has 3 atom stereocenters. The Bertz CT molecular complexity index is 1510. The molecule has 0 saturated carbocycles. The van der Waals surface area contributed by atoms with E-state index in [-0.39, 0.29) is 29.8 Å². The van der Waals surface area contributed by atoms with E-state index in [1.54, 1.807) is 42.7 Å². The van der Waals surface area contributed by atoms with Crippen molar-refractivity contribution in [1.29, 1.82) is 0 Å². The number of rotatable bonds is 7. The van der Waals surface area contributed by atoms with Crippen LogP contribution < -0.4 is 16.1 Å². The van der Waals surface area contributed by atoms with E-state index < -0.39 is 51.3 Å². The van der Waals surface area contributed by atoms with E-state index in [4.69, 9.17) is 0 Å². The number of ketones is 1. The van der Waals surface area contributed by atoms with Gasteiger partial charge in [0, 0.05) is 35.3 Å². The van der Waals surface area contributed by atoms with Gasteiger partial charge in [-0.25, -0.2) is 4.79 Å². The van der Waals surface area contributed by atoms with Gasteiger partial charge in [-0.2, -0.15) is 0 Å². The van der Waals surface area contributed by atoms with Crippen LogP contribution in [0, 0.1) is 0 Å². The van der Waals surface area contributed by atoms with E-state index in [2.05, 4.69) is 10.6 Å². The number of carboxylic acid groups (broad SMARTS) is 1. The number of aryl methyl sites for hydroxylation is 1. The summed E-state index contributed by atoms with van der Waals surface area (Å²) in [7, 11) is 0. The summed E-state index contributed by atoms with van der Waals surface area (Å²) in [5.74, 6) is -2.95. The summed E-state index contributed by atoms with van der Waals surface area (Å²) in [4.78, 5) is 77.6. The maximum atomic E-state index is 13.2. The van der Waals surface area contributed by atoms with E-state index in [0.717, 1.165) is 0 Å². The number of fused-ring (bicyclic) bond motifs is 2. The standard InChI is InChI=1S/C28H30N4O7S/c1-4-31-13-15(22(35)20-17(31)10-7-11-18(20)33)24(36)29-16-9-6-5-8-14(16)12-19(34)30-21-25(37)32-23(27(38)39)28(2,3)40-26(21)32/h5-6,8-9,13,21,23,26H,4,7,10-12H2,1-3H3,(H,29,36)(H,30,34)(H,38,39)/t21?,23-,26+/m0/s1. The van der Waals surface area contributed by atoms with Crippen LogP contribution in [0.25, 0.3) is 0 Å². The second-order valence-corrected chi connectivity index (χ2v) is 12.5. The van der Waals surface area contributed by atoms with Gasteiger partial charge < -0.3 is 25.2 Å². The molecule has 40 heavy (non-hydrogen) atoms. The minimum atomic E-state index is -1.09. The molecule has 3 N–H and O–H groups in total. The van der Waals surface area contributed by atoms with Crippen molar-refractivity contribution < 1.29 is 29.1 Å². The van der Waals surface area contributed by atoms with Gasteiger partial charge in [0.05, 0.1) is 12.0 Å². The fraction of sp³-hybridized carbons (Fsp3) is 0.429. The maximum Gasteiger partial charge on any atom is 0.327 e. The molecule has 0 bridgehead atoms. The van der Waals surface area contributed by atoms with Gasteiger partial charge >= 0.3 is 5.97 Å². The highest BCUT2D eigenvalue weighted by Crippen LogP contribution is 2.50. The zero-order chi connectivity index (χ0) is 28.9. The first-order valence-corrected chi connectivity index (χ1v) is 14.0. The molecule has 1 aliphatic carbocycles. The van der Waals surface area contributed by atoms with E-state index in [1.165, 1.54) is 22.9 Å². The summed E-state index contributed by atoms with van der Waals surface area (Å²) in [6.45, 7) is 5.88. The highest BCUT2D eigenvalue weighted by atomic mass is 32.2. The van der Waals surface area contributed by atoms with Gasteiger partial charge in [0.25, 0.3) is 5.91 Å². The lowest BCUT2D eigenvalue weighted by Crippen LogP contribution is -2.70. The zero-order valence-electron chi connectivity index (χ0n) is 22.4. The maximum absolute atomic E-state index is 13.2. The third-order valence-electron chi connectivity index (χ3n) is 7.68. The molecule has 2 fully saturated rings. The Hall–Kier alpha value is -3.93. The summed E-state index contributed by atoms with van der Waals surface area (Å²) >= 11 is 1.33. The van der Waals surface area contributed by atoms with E-state index in [0.29, 0.717) is 36.3 Å². The third kappa shape index (κ3) is 4.59. The molecule has 2 saturated heterocycles. The van der Waals surface area contributed by atoms with Crippen molar-refractivity contribution in [1.82, 2.24) is 14.8 Å². The molecule has 2 aliphatic heterocycles. The van der Waals surface area contributed by atoms with Crippen molar-refractivity contribution in [3.05, 3.63) is 63.1 Å². The van der Waals surface area contributed by atoms with Crippen molar-refractivity contribution in [2.45, 2.75) is 75.2 Å². The van der Waals surface area contributed by atoms with Crippen molar-refractivity contribution >= 4 is 46.9 Å². The number of carboxylic acids is 1. The Morgan fingerprint density at radius 3 is 2.55 bits per heavy atom. The van der Waals surface area contributed by atoms with Crippen LogP contribution in [0.3, 0.4) is 0 Å². The lowest BCUT2D eigenvalue weighted by atomic mass is 9.92. The van der Waals surface area contributed by atoms with Crippen LogP contribution in [-0.2, 0) is 33.8 Å². The fourth-order valence-electron chi connectivity index (χ4n) is 5.77. The highest BCUT2D eigenvalue weighted by molar-refractivity contribution is 8.01. The molecule has 3 amide bonds. The highest BCUT2D eigenvalue weighted by Gasteiger charge is 2.64. The van der Waals surface area contributed by atoms with Crippen molar-refractivity contribution in [2.75, 3.05) is 5.32 Å². The molecule has 5 rings (SSSR count). The number of anilines is 1. The Morgan fingerprint density at radius 1 is 1.12 bits per heavy atom. The number of β-lactam (4-membered cyclic amide) rings is 1. The number of pyridine rings is 1. The predicted molar refractivity (Wildman–Crippen MR) is 147 cm³/mol. The number of para-hydroxylation sites is 1. The van der Waals surface area contributed by atoms with Gasteiger partial charge in [0.1, 0.15) is 23.0 Å². The molecule has 1 aromatic carbocycles. The van der Waals surface area contributed by atoms with Gasteiger partial charge in [-0.05, 0) is 45.2 Å². The first-order valence-electron chi connectivity index (χ1n) is 13.2. The molecule has 11 nitrogen and oxygen atoms in total. The minimum Gasteiger partial charge on any atom is -0.480 e. The molecule has 3 aliphatic rings. The molecule has 12 heteroatoms. The Kier molecular flexibility index (Phi) is 7.07. The molecule has 0 radical (unpaired) electrons. The number of nitrogens with zero attached hydrogens (tertiary/aromatic N) is 2. The second kappa shape index (κ2) is 10.2. The number of hydrogen-bond donors (Lipinski definition) is 3. The molecule has 210 valence electrons. The van der Waals surface area contributed by atoms with E-state index in [1.807, 2.05) is 6.92 Å². The van der Waals surface area contributed by atoms with Gasteiger partial charge in [0.15, 0.2) is 5.78 Å². The molecule has 1 unspecified atom stereocenters. The lowest BCUT2D eigenvalue weighted by molar-refractivity contribution is -0.161. The number of benzene rings is 1. The van der Waals surface area contributed by atoms with Gasteiger partial charge in [-0.15, -0.1) is 11.8 Å². The molecular weight excluding hydrogens is 536 g/mol. The number of thioether (sulfide) groups is 1. The number of aromatic nitrogens is 1. The van der Waals surface area contributed by atoms with Crippen LogP contribution in [0.15, 0.2) is 35.3 Å². The second-order valence-electron chi connectivity index (χ2n) is 10.7. The number of Topliss-reactive ketones (excluding diaryl/α,β-unsaturated/α-hetero) is 1. The van der Waals surface area contributed by atoms with Crippen molar-refractivity contribution in [2.24, 2.45) is 0 Å². The number of carbonyl (C=O) groups is 5.